The van der Waals surface area contributed by atoms with E-state index in [1.807, 2.05) is 43.3 Å². The summed E-state index contributed by atoms with van der Waals surface area (Å²) in [5, 5.41) is 2.85. The van der Waals surface area contributed by atoms with Gasteiger partial charge in [0.2, 0.25) is 5.91 Å². The van der Waals surface area contributed by atoms with Crippen LogP contribution in [-0.2, 0) is 14.3 Å². The summed E-state index contributed by atoms with van der Waals surface area (Å²) < 4.78 is 5.76. The fraction of sp³-hybridized carbons (Fsp3) is 0.333. The normalized spacial score (nSPS) is 14.4. The van der Waals surface area contributed by atoms with Crippen molar-refractivity contribution in [3.63, 3.8) is 0 Å². The highest BCUT2D eigenvalue weighted by Crippen LogP contribution is 2.32. The van der Waals surface area contributed by atoms with E-state index in [4.69, 9.17) is 17.0 Å². The van der Waals surface area contributed by atoms with Crippen LogP contribution in [0.5, 0.6) is 0 Å². The number of carbonyl (C=O) groups excluding carboxylic acids is 3. The molecule has 6 nitrogen and oxygen atoms in total. The first-order valence-electron chi connectivity index (χ1n) is 11.9. The molecule has 1 aliphatic heterocycles. The van der Waals surface area contributed by atoms with Gasteiger partial charge < -0.3 is 10.1 Å². The van der Waals surface area contributed by atoms with Crippen LogP contribution in [0.3, 0.4) is 0 Å². The van der Waals surface area contributed by atoms with Crippen molar-refractivity contribution in [2.45, 2.75) is 45.4 Å². The Morgan fingerprint density at radius 2 is 1.77 bits per heavy atom. The quantitative estimate of drug-likeness (QED) is 0.162. The predicted octanol–water partition coefficient (Wildman–Crippen LogP) is 6.04. The lowest BCUT2D eigenvalue weighted by molar-refractivity contribution is -0.122. The Hall–Kier alpha value is -2.97. The predicted molar refractivity (Wildman–Crippen MR) is 145 cm³/mol. The minimum absolute atomic E-state index is 0.0562. The lowest BCUT2D eigenvalue weighted by Crippen LogP contribution is -2.29. The molecule has 2 aromatic rings. The highest BCUT2D eigenvalue weighted by atomic mass is 32.2. The number of esters is 1. The van der Waals surface area contributed by atoms with Crippen molar-refractivity contribution >= 4 is 57.8 Å². The highest BCUT2D eigenvalue weighted by Gasteiger charge is 2.31. The van der Waals surface area contributed by atoms with Crippen LogP contribution in [0, 0.1) is 0 Å². The Balaban J connectivity index is 1.35. The Labute approximate surface area is 216 Å². The molecule has 0 bridgehead atoms. The molecule has 1 saturated heterocycles. The van der Waals surface area contributed by atoms with Gasteiger partial charge in [0, 0.05) is 18.7 Å². The van der Waals surface area contributed by atoms with Crippen molar-refractivity contribution in [2.24, 2.45) is 0 Å². The first-order chi connectivity index (χ1) is 17.0. The first-order valence-corrected chi connectivity index (χ1v) is 13.1. The number of nitrogens with one attached hydrogen (secondary N) is 1. The maximum Gasteiger partial charge on any atom is 0.338 e. The van der Waals surface area contributed by atoms with Crippen molar-refractivity contribution in [3.8, 4) is 0 Å². The van der Waals surface area contributed by atoms with Crippen molar-refractivity contribution < 1.29 is 19.1 Å². The average molecular weight is 511 g/mol. The zero-order valence-corrected chi connectivity index (χ0v) is 21.5. The minimum Gasteiger partial charge on any atom is -0.462 e. The molecule has 0 unspecified atom stereocenters. The van der Waals surface area contributed by atoms with Crippen molar-refractivity contribution in [1.29, 1.82) is 0 Å². The van der Waals surface area contributed by atoms with Gasteiger partial charge in [-0.25, -0.2) is 4.79 Å². The number of ether oxygens (including phenoxy) is 1. The van der Waals surface area contributed by atoms with Crippen LogP contribution >= 0.6 is 24.0 Å². The molecule has 2 aromatic carbocycles. The molecule has 1 N–H and O–H groups in total. The number of benzene rings is 2. The third-order valence-electron chi connectivity index (χ3n) is 5.39. The molecular weight excluding hydrogens is 480 g/mol. The number of anilines is 1. The van der Waals surface area contributed by atoms with Crippen molar-refractivity contribution in [1.82, 2.24) is 4.90 Å². The topological polar surface area (TPSA) is 75.7 Å². The minimum atomic E-state index is -0.353. The number of unbranched alkanes of at least 4 members (excludes halogenated alkanes) is 3. The van der Waals surface area contributed by atoms with Gasteiger partial charge in [-0.1, -0.05) is 74.1 Å². The van der Waals surface area contributed by atoms with Crippen LogP contribution < -0.4 is 5.32 Å². The van der Waals surface area contributed by atoms with Gasteiger partial charge in [0.25, 0.3) is 5.91 Å². The van der Waals surface area contributed by atoms with Gasteiger partial charge in [-0.05, 0) is 55.2 Å². The fourth-order valence-corrected chi connectivity index (χ4v) is 4.74. The lowest BCUT2D eigenvalue weighted by atomic mass is 10.1. The number of carbonyl (C=O) groups is 3. The molecule has 0 atom stereocenters. The van der Waals surface area contributed by atoms with Crippen LogP contribution in [0.1, 0.15) is 61.4 Å². The Kier molecular flexibility index (Phi) is 10.5. The second kappa shape index (κ2) is 13.8. The summed E-state index contributed by atoms with van der Waals surface area (Å²) in [5.74, 6) is -0.493. The van der Waals surface area contributed by atoms with E-state index in [0.717, 1.165) is 31.2 Å². The molecule has 184 valence electrons. The molecule has 1 heterocycles. The van der Waals surface area contributed by atoms with Gasteiger partial charge in [0.15, 0.2) is 0 Å². The summed E-state index contributed by atoms with van der Waals surface area (Å²) in [6.07, 6.45) is 6.35. The third kappa shape index (κ3) is 8.33. The van der Waals surface area contributed by atoms with Crippen LogP contribution in [-0.4, -0.2) is 40.2 Å². The number of rotatable bonds is 12. The van der Waals surface area contributed by atoms with Gasteiger partial charge >= 0.3 is 5.97 Å². The van der Waals surface area contributed by atoms with Gasteiger partial charge in [0.05, 0.1) is 17.1 Å². The van der Waals surface area contributed by atoms with E-state index < -0.39 is 0 Å². The standard InChI is InChI=1S/C27H30N2O4S2/c1-2-3-18-33-26(32)21-13-15-22(16-14-21)28-24(30)12-8-5-9-17-29-25(31)23(35-27(29)34)19-20-10-6-4-7-11-20/h4,6-7,10-11,13-16,19H,2-3,5,8-9,12,17-18H2,1H3,(H,28,30)/b23-19-. The van der Waals surface area contributed by atoms with E-state index in [1.54, 1.807) is 29.2 Å². The largest absolute Gasteiger partial charge is 0.462 e. The number of amides is 2. The summed E-state index contributed by atoms with van der Waals surface area (Å²) in [5.41, 5.74) is 2.08. The van der Waals surface area contributed by atoms with Crippen LogP contribution in [0.15, 0.2) is 59.5 Å². The van der Waals surface area contributed by atoms with Crippen LogP contribution in [0.2, 0.25) is 0 Å². The first kappa shape index (κ1) is 26.6. The zero-order valence-electron chi connectivity index (χ0n) is 19.8. The van der Waals surface area contributed by atoms with E-state index in [9.17, 15) is 14.4 Å². The van der Waals surface area contributed by atoms with E-state index in [2.05, 4.69) is 5.32 Å². The van der Waals surface area contributed by atoms with E-state index >= 15 is 0 Å². The number of hydrogen-bond acceptors (Lipinski definition) is 6. The Bertz CT molecular complexity index is 1070. The molecule has 8 heteroatoms. The molecule has 1 fully saturated rings. The second-order valence-corrected chi connectivity index (χ2v) is 9.85. The van der Waals surface area contributed by atoms with Gasteiger partial charge in [0.1, 0.15) is 4.32 Å². The van der Waals surface area contributed by atoms with Gasteiger partial charge in [-0.15, -0.1) is 0 Å². The molecule has 2 amide bonds. The number of nitrogens with zero attached hydrogens (tertiary/aromatic N) is 1. The average Bonchev–Trinajstić information content (AvgIpc) is 3.12. The molecule has 3 rings (SSSR count). The molecule has 0 aromatic heterocycles. The summed E-state index contributed by atoms with van der Waals surface area (Å²) in [6.45, 7) is 3.00. The fourth-order valence-electron chi connectivity index (χ4n) is 3.43. The molecule has 0 saturated carbocycles. The van der Waals surface area contributed by atoms with E-state index in [-0.39, 0.29) is 17.8 Å². The number of thiocarbonyl (C=S) groups is 1. The summed E-state index contributed by atoms with van der Waals surface area (Å²) in [7, 11) is 0. The van der Waals surface area contributed by atoms with Gasteiger partial charge in [-0.3, -0.25) is 14.5 Å². The Morgan fingerprint density at radius 3 is 2.49 bits per heavy atom. The lowest BCUT2D eigenvalue weighted by Gasteiger charge is -2.14. The molecule has 35 heavy (non-hydrogen) atoms. The second-order valence-electron chi connectivity index (χ2n) is 8.17. The highest BCUT2D eigenvalue weighted by molar-refractivity contribution is 8.26. The molecule has 1 aliphatic rings. The summed E-state index contributed by atoms with van der Waals surface area (Å²) >= 11 is 6.72. The van der Waals surface area contributed by atoms with Crippen molar-refractivity contribution in [2.75, 3.05) is 18.5 Å². The van der Waals surface area contributed by atoms with Gasteiger partial charge in [-0.2, -0.15) is 0 Å². The van der Waals surface area contributed by atoms with E-state index in [0.29, 0.717) is 46.5 Å². The van der Waals surface area contributed by atoms with Crippen molar-refractivity contribution in [3.05, 3.63) is 70.6 Å². The van der Waals surface area contributed by atoms with Crippen LogP contribution in [0.25, 0.3) is 6.08 Å². The third-order valence-corrected chi connectivity index (χ3v) is 6.77. The SMILES string of the molecule is CCCCOC(=O)c1ccc(NC(=O)CCCCCN2C(=O)/C(=C/c3ccccc3)SC2=S)cc1. The number of hydrogen-bond donors (Lipinski definition) is 1. The molecule has 0 radical (unpaired) electrons. The molecule has 0 spiro atoms. The Morgan fingerprint density at radius 1 is 1.03 bits per heavy atom. The zero-order chi connectivity index (χ0) is 25.0. The number of thioether (sulfide) groups is 1. The monoisotopic (exact) mass is 510 g/mol. The molecule has 0 aliphatic carbocycles. The summed E-state index contributed by atoms with van der Waals surface area (Å²) in [6, 6.07) is 16.4. The maximum atomic E-state index is 12.7. The maximum absolute atomic E-state index is 12.7. The summed E-state index contributed by atoms with van der Waals surface area (Å²) in [4.78, 5) is 39.2. The van der Waals surface area contributed by atoms with E-state index in [1.165, 1.54) is 11.8 Å². The smallest absolute Gasteiger partial charge is 0.338 e. The van der Waals surface area contributed by atoms with Crippen LogP contribution in [0.4, 0.5) is 5.69 Å². The molecular formula is C27H30N2O4S2.